The van der Waals surface area contributed by atoms with E-state index in [1.165, 1.54) is 0 Å². The Hall–Kier alpha value is -3.54. The minimum Gasteiger partial charge on any atom is -0.383 e. The van der Waals surface area contributed by atoms with Crippen LogP contribution in [0.3, 0.4) is 0 Å². The van der Waals surface area contributed by atoms with Crippen LogP contribution in [0.1, 0.15) is 51.3 Å². The van der Waals surface area contributed by atoms with Gasteiger partial charge in [0.25, 0.3) is 5.91 Å². The van der Waals surface area contributed by atoms with Gasteiger partial charge in [0.05, 0.1) is 54.9 Å². The molecule has 0 saturated carbocycles. The molecule has 3 aromatic rings. The maximum atomic E-state index is 13.8. The highest BCUT2D eigenvalue weighted by molar-refractivity contribution is 5.99. The summed E-state index contributed by atoms with van der Waals surface area (Å²) in [5.74, 6) is 0.401. The number of hydrogen-bond donors (Lipinski definition) is 1. The molecule has 2 aliphatic rings. The summed E-state index contributed by atoms with van der Waals surface area (Å²) in [7, 11) is 0. The molecular formula is C25H25N5O3. The Morgan fingerprint density at radius 2 is 2.06 bits per heavy atom. The van der Waals surface area contributed by atoms with E-state index in [2.05, 4.69) is 16.0 Å². The van der Waals surface area contributed by atoms with Crippen molar-refractivity contribution in [3.63, 3.8) is 0 Å². The molecular weight excluding hydrogens is 418 g/mol. The van der Waals surface area contributed by atoms with Crippen LogP contribution >= 0.6 is 0 Å². The zero-order chi connectivity index (χ0) is 22.9. The minimum atomic E-state index is -0.0827. The van der Waals surface area contributed by atoms with Gasteiger partial charge in [0.1, 0.15) is 11.9 Å². The van der Waals surface area contributed by atoms with Gasteiger partial charge in [-0.3, -0.25) is 9.78 Å². The fourth-order valence-electron chi connectivity index (χ4n) is 4.60. The minimum absolute atomic E-state index is 0.0433. The van der Waals surface area contributed by atoms with Crippen molar-refractivity contribution in [3.05, 3.63) is 64.0 Å². The number of aryl methyl sites for hydroxylation is 1. The van der Waals surface area contributed by atoms with Gasteiger partial charge in [-0.2, -0.15) is 5.26 Å². The zero-order valence-electron chi connectivity index (χ0n) is 18.5. The zero-order valence-corrected chi connectivity index (χ0v) is 18.5. The second-order valence-electron chi connectivity index (χ2n) is 8.53. The van der Waals surface area contributed by atoms with Crippen LogP contribution in [0.4, 0.5) is 5.82 Å². The van der Waals surface area contributed by atoms with Gasteiger partial charge in [-0.15, -0.1) is 0 Å². The first-order chi connectivity index (χ1) is 16.0. The Morgan fingerprint density at radius 1 is 1.21 bits per heavy atom. The van der Waals surface area contributed by atoms with Crippen LogP contribution in [0.5, 0.6) is 0 Å². The van der Waals surface area contributed by atoms with Gasteiger partial charge >= 0.3 is 0 Å². The van der Waals surface area contributed by atoms with Crippen LogP contribution in [0.15, 0.2) is 30.3 Å². The summed E-state index contributed by atoms with van der Waals surface area (Å²) in [6.45, 7) is 4.27. The van der Waals surface area contributed by atoms with Crippen LogP contribution in [-0.2, 0) is 29.2 Å². The third kappa shape index (κ3) is 4.01. The number of pyridine rings is 2. The molecule has 2 aliphatic heterocycles. The van der Waals surface area contributed by atoms with E-state index in [0.29, 0.717) is 55.6 Å². The molecule has 0 bridgehead atoms. The number of anilines is 1. The molecule has 1 saturated heterocycles. The molecule has 1 fully saturated rings. The number of aromatic nitrogens is 2. The summed E-state index contributed by atoms with van der Waals surface area (Å²) in [5, 5.41) is 10.1. The van der Waals surface area contributed by atoms with Crippen molar-refractivity contribution in [2.75, 3.05) is 18.9 Å². The molecule has 0 radical (unpaired) electrons. The third-order valence-corrected chi connectivity index (χ3v) is 6.41. The number of amides is 1. The van der Waals surface area contributed by atoms with E-state index in [1.807, 2.05) is 30.0 Å². The average molecular weight is 444 g/mol. The fourth-order valence-corrected chi connectivity index (χ4v) is 4.60. The number of ether oxygens (including phenoxy) is 2. The number of carbonyl (C=O) groups is 1. The second kappa shape index (κ2) is 8.77. The Morgan fingerprint density at radius 3 is 2.82 bits per heavy atom. The van der Waals surface area contributed by atoms with Crippen LogP contribution in [-0.4, -0.2) is 40.0 Å². The second-order valence-corrected chi connectivity index (χ2v) is 8.53. The summed E-state index contributed by atoms with van der Waals surface area (Å²) in [5.41, 5.74) is 11.3. The van der Waals surface area contributed by atoms with Crippen molar-refractivity contribution in [1.29, 1.82) is 5.26 Å². The van der Waals surface area contributed by atoms with Crippen molar-refractivity contribution in [3.8, 4) is 6.07 Å². The molecule has 0 spiro atoms. The predicted octanol–water partition coefficient (Wildman–Crippen LogP) is 3.24. The predicted molar refractivity (Wildman–Crippen MR) is 122 cm³/mol. The lowest BCUT2D eigenvalue weighted by atomic mass is 10.0. The number of nitrogen functional groups attached to an aromatic ring is 1. The first kappa shape index (κ1) is 21.3. The number of fused-ring (bicyclic) bond motifs is 3. The van der Waals surface area contributed by atoms with E-state index in [-0.39, 0.29) is 11.9 Å². The molecule has 33 heavy (non-hydrogen) atoms. The SMILES string of the molecule is Cc1nc(CN(C(=O)c2ccc3nc(N)c4c(c3c2)COC4)C2CCCOC2)ccc1C#N. The number of nitrogens with zero attached hydrogens (tertiary/aromatic N) is 4. The molecule has 8 nitrogen and oxygen atoms in total. The average Bonchev–Trinajstić information content (AvgIpc) is 3.34. The maximum Gasteiger partial charge on any atom is 0.254 e. The highest BCUT2D eigenvalue weighted by atomic mass is 16.5. The maximum absolute atomic E-state index is 13.8. The van der Waals surface area contributed by atoms with E-state index in [1.54, 1.807) is 12.1 Å². The largest absolute Gasteiger partial charge is 0.383 e. The third-order valence-electron chi connectivity index (χ3n) is 6.41. The number of rotatable bonds is 4. The molecule has 8 heteroatoms. The van der Waals surface area contributed by atoms with Crippen LogP contribution in [0.25, 0.3) is 10.9 Å². The van der Waals surface area contributed by atoms with E-state index in [9.17, 15) is 10.1 Å². The lowest BCUT2D eigenvalue weighted by molar-refractivity contribution is 0.0140. The Labute approximate surface area is 191 Å². The summed E-state index contributed by atoms with van der Waals surface area (Å²) in [6.07, 6.45) is 1.77. The summed E-state index contributed by atoms with van der Waals surface area (Å²) < 4.78 is 11.3. The lowest BCUT2D eigenvalue weighted by Crippen LogP contribution is -2.44. The number of nitriles is 1. The molecule has 168 valence electrons. The Bertz CT molecular complexity index is 1280. The summed E-state index contributed by atoms with van der Waals surface area (Å²) >= 11 is 0. The smallest absolute Gasteiger partial charge is 0.254 e. The normalized spacial score (nSPS) is 17.5. The Balaban J connectivity index is 1.51. The number of benzene rings is 1. The van der Waals surface area contributed by atoms with Crippen LogP contribution < -0.4 is 5.73 Å². The van der Waals surface area contributed by atoms with Gasteiger partial charge in [0, 0.05) is 23.1 Å². The molecule has 4 heterocycles. The molecule has 2 N–H and O–H groups in total. The van der Waals surface area contributed by atoms with Crippen molar-refractivity contribution < 1.29 is 14.3 Å². The highest BCUT2D eigenvalue weighted by Gasteiger charge is 2.28. The van der Waals surface area contributed by atoms with E-state index >= 15 is 0 Å². The summed E-state index contributed by atoms with van der Waals surface area (Å²) in [4.78, 5) is 24.7. The van der Waals surface area contributed by atoms with Crippen molar-refractivity contribution >= 4 is 22.6 Å². The van der Waals surface area contributed by atoms with Gasteiger partial charge in [0.2, 0.25) is 0 Å². The lowest BCUT2D eigenvalue weighted by Gasteiger charge is -2.34. The molecule has 1 amide bonds. The van der Waals surface area contributed by atoms with Crippen LogP contribution in [0, 0.1) is 18.3 Å². The topological polar surface area (TPSA) is 114 Å². The van der Waals surface area contributed by atoms with E-state index in [4.69, 9.17) is 15.2 Å². The first-order valence-electron chi connectivity index (χ1n) is 11.1. The molecule has 2 aromatic heterocycles. The van der Waals surface area contributed by atoms with E-state index in [0.717, 1.165) is 40.6 Å². The number of carbonyl (C=O) groups excluding carboxylic acids is 1. The van der Waals surface area contributed by atoms with Gasteiger partial charge in [-0.05, 0) is 55.7 Å². The van der Waals surface area contributed by atoms with Crippen LogP contribution in [0.2, 0.25) is 0 Å². The van der Waals surface area contributed by atoms with Gasteiger partial charge in [0.15, 0.2) is 0 Å². The fraction of sp³-hybridized carbons (Fsp3) is 0.360. The monoisotopic (exact) mass is 443 g/mol. The highest BCUT2D eigenvalue weighted by Crippen LogP contribution is 2.32. The van der Waals surface area contributed by atoms with Gasteiger partial charge in [-0.1, -0.05) is 0 Å². The van der Waals surface area contributed by atoms with Gasteiger partial charge < -0.3 is 20.1 Å². The van der Waals surface area contributed by atoms with Crippen molar-refractivity contribution in [2.45, 2.75) is 45.6 Å². The first-order valence-corrected chi connectivity index (χ1v) is 11.1. The summed E-state index contributed by atoms with van der Waals surface area (Å²) in [6, 6.07) is 11.2. The van der Waals surface area contributed by atoms with Gasteiger partial charge in [-0.25, -0.2) is 4.98 Å². The molecule has 5 rings (SSSR count). The standard InChI is InChI=1S/C25H25N5O3/c1-15-17(10-26)4-6-18(28-15)11-30(19-3-2-8-32-12-19)25(31)16-5-7-23-20(9-16)21-13-33-14-22(21)24(27)29-23/h4-7,9,19H,2-3,8,11-14H2,1H3,(H2,27,29). The molecule has 1 atom stereocenters. The quantitative estimate of drug-likeness (QED) is 0.658. The number of nitrogens with two attached hydrogens (primary N) is 1. The van der Waals surface area contributed by atoms with Crippen molar-refractivity contribution in [1.82, 2.24) is 14.9 Å². The molecule has 0 aliphatic carbocycles. The Kier molecular flexibility index (Phi) is 5.67. The molecule has 1 aromatic carbocycles. The van der Waals surface area contributed by atoms with Crippen molar-refractivity contribution in [2.24, 2.45) is 0 Å². The van der Waals surface area contributed by atoms with E-state index < -0.39 is 0 Å². The molecule has 1 unspecified atom stereocenters. The number of hydrogen-bond acceptors (Lipinski definition) is 7.